The highest BCUT2D eigenvalue weighted by atomic mass is 32.2. The van der Waals surface area contributed by atoms with Gasteiger partial charge in [0.05, 0.1) is 31.2 Å². The van der Waals surface area contributed by atoms with Crippen LogP contribution < -0.4 is 9.47 Å². The first-order valence-corrected chi connectivity index (χ1v) is 14.8. The lowest BCUT2D eigenvalue weighted by atomic mass is 10.1. The smallest absolute Gasteiger partial charge is 0.211 e. The lowest BCUT2D eigenvalue weighted by Gasteiger charge is -2.11. The summed E-state index contributed by atoms with van der Waals surface area (Å²) in [7, 11) is -5.23. The molecule has 0 spiro atoms. The zero-order valence-electron chi connectivity index (χ0n) is 20.6. The van der Waals surface area contributed by atoms with Crippen LogP contribution in [0, 0.1) is 0 Å². The number of pyridine rings is 1. The van der Waals surface area contributed by atoms with E-state index in [4.69, 9.17) is 9.47 Å². The van der Waals surface area contributed by atoms with E-state index in [1.54, 1.807) is 38.2 Å². The molecule has 0 unspecified atom stereocenters. The maximum atomic E-state index is 13.9. The van der Waals surface area contributed by atoms with Gasteiger partial charge < -0.3 is 13.9 Å². The number of methoxy groups -OCH3 is 2. The number of aromatic nitrogens is 1. The predicted molar refractivity (Wildman–Crippen MR) is 134 cm³/mol. The maximum Gasteiger partial charge on any atom is 0.211 e. The molecule has 0 aliphatic carbocycles. The summed E-state index contributed by atoms with van der Waals surface area (Å²) in [6.45, 7) is 5.32. The highest BCUT2D eigenvalue weighted by Crippen LogP contribution is 2.37. The molecule has 2 aromatic heterocycles. The van der Waals surface area contributed by atoms with Gasteiger partial charge in [0.1, 0.15) is 15.5 Å². The van der Waals surface area contributed by atoms with Gasteiger partial charge in [-0.25, -0.2) is 16.8 Å². The highest BCUT2D eigenvalue weighted by Gasteiger charge is 2.37. The fourth-order valence-electron chi connectivity index (χ4n) is 4.12. The highest BCUT2D eigenvalue weighted by molar-refractivity contribution is 7.94. The van der Waals surface area contributed by atoms with E-state index in [0.29, 0.717) is 24.3 Å². The van der Waals surface area contributed by atoms with Crippen LogP contribution in [0.2, 0.25) is 0 Å². The zero-order chi connectivity index (χ0) is 26.0. The Kier molecular flexibility index (Phi) is 7.96. The first-order valence-electron chi connectivity index (χ1n) is 11.4. The van der Waals surface area contributed by atoms with Gasteiger partial charge in [-0.05, 0) is 55.2 Å². The fourth-order valence-corrected chi connectivity index (χ4v) is 8.10. The van der Waals surface area contributed by atoms with Crippen molar-refractivity contribution in [2.24, 2.45) is 0 Å². The maximum absolute atomic E-state index is 13.9. The summed E-state index contributed by atoms with van der Waals surface area (Å²) in [5, 5.41) is 0. The molecule has 8 nitrogen and oxygen atoms in total. The predicted octanol–water partition coefficient (Wildman–Crippen LogP) is 4.12. The third-order valence-corrected chi connectivity index (χ3v) is 9.83. The van der Waals surface area contributed by atoms with Crippen molar-refractivity contribution in [3.05, 3.63) is 53.3 Å². The van der Waals surface area contributed by atoms with Crippen molar-refractivity contribution in [3.63, 3.8) is 0 Å². The average molecular weight is 522 g/mol. The summed E-state index contributed by atoms with van der Waals surface area (Å²) in [6.07, 6.45) is 2.76. The number of fused-ring (bicyclic) bond motifs is 1. The number of ether oxygens (including phenoxy) is 2. The minimum Gasteiger partial charge on any atom is -0.493 e. The van der Waals surface area contributed by atoms with Crippen LogP contribution >= 0.6 is 0 Å². The second-order valence-electron chi connectivity index (χ2n) is 8.19. The molecule has 190 valence electrons. The van der Waals surface area contributed by atoms with Gasteiger partial charge >= 0.3 is 0 Å². The van der Waals surface area contributed by atoms with Crippen LogP contribution in [0.5, 0.6) is 11.5 Å². The summed E-state index contributed by atoms with van der Waals surface area (Å²) in [4.78, 5) is 13.1. The molecule has 0 saturated carbocycles. The van der Waals surface area contributed by atoms with Crippen molar-refractivity contribution < 1.29 is 31.1 Å². The van der Waals surface area contributed by atoms with E-state index in [9.17, 15) is 21.6 Å². The van der Waals surface area contributed by atoms with Crippen molar-refractivity contribution >= 4 is 31.0 Å². The van der Waals surface area contributed by atoms with Gasteiger partial charge in [-0.15, -0.1) is 0 Å². The monoisotopic (exact) mass is 521 g/mol. The molecule has 1 aromatic carbocycles. The Labute approximate surface area is 206 Å². The fraction of sp³-hybridized carbons (Fsp3) is 0.400. The van der Waals surface area contributed by atoms with Crippen LogP contribution in [0.4, 0.5) is 0 Å². The van der Waals surface area contributed by atoms with Gasteiger partial charge in [0, 0.05) is 11.8 Å². The summed E-state index contributed by atoms with van der Waals surface area (Å²) >= 11 is 0. The molecule has 35 heavy (non-hydrogen) atoms. The molecule has 0 bridgehead atoms. The Balaban J connectivity index is 2.50. The quantitative estimate of drug-likeness (QED) is 0.349. The number of rotatable bonds is 11. The number of ketones is 1. The van der Waals surface area contributed by atoms with Crippen LogP contribution in [0.15, 0.2) is 46.3 Å². The third-order valence-electron chi connectivity index (χ3n) is 5.75. The van der Waals surface area contributed by atoms with Gasteiger partial charge in [-0.2, -0.15) is 0 Å². The topological polar surface area (TPSA) is 108 Å². The molecule has 0 aliphatic rings. The minimum atomic E-state index is -4.11. The number of aryl methyl sites for hydroxylation is 1. The normalized spacial score (nSPS) is 12.1. The number of hydrogen-bond acceptors (Lipinski definition) is 7. The van der Waals surface area contributed by atoms with Gasteiger partial charge in [-0.3, -0.25) is 4.79 Å². The number of sulfone groups is 2. The van der Waals surface area contributed by atoms with Crippen molar-refractivity contribution in [3.8, 4) is 11.5 Å². The van der Waals surface area contributed by atoms with Crippen molar-refractivity contribution in [1.29, 1.82) is 0 Å². The van der Waals surface area contributed by atoms with E-state index < -0.39 is 30.4 Å². The summed E-state index contributed by atoms with van der Waals surface area (Å²) in [5.41, 5.74) is 0.968. The molecule has 0 atom stereocenters. The molecular weight excluding hydrogens is 490 g/mol. The lowest BCUT2D eigenvalue weighted by molar-refractivity contribution is 0.103. The summed E-state index contributed by atoms with van der Waals surface area (Å²) in [6, 6.07) is 7.91. The number of benzene rings is 1. The second kappa shape index (κ2) is 10.4. The van der Waals surface area contributed by atoms with E-state index in [2.05, 4.69) is 0 Å². The largest absolute Gasteiger partial charge is 0.493 e. The van der Waals surface area contributed by atoms with Crippen molar-refractivity contribution in [2.75, 3.05) is 25.7 Å². The molecule has 0 radical (unpaired) electrons. The average Bonchev–Trinajstić information content (AvgIpc) is 3.19. The van der Waals surface area contributed by atoms with Gasteiger partial charge in [-0.1, -0.05) is 20.8 Å². The zero-order valence-corrected chi connectivity index (χ0v) is 22.3. The Morgan fingerprint density at radius 3 is 1.97 bits per heavy atom. The van der Waals surface area contributed by atoms with Crippen LogP contribution in [-0.2, 0) is 26.1 Å². The third kappa shape index (κ3) is 4.95. The van der Waals surface area contributed by atoms with Gasteiger partial charge in [0.25, 0.3) is 0 Å². The molecule has 3 aromatic rings. The Morgan fingerprint density at radius 1 is 0.829 bits per heavy atom. The molecule has 0 aliphatic heterocycles. The van der Waals surface area contributed by atoms with Gasteiger partial charge in [0.2, 0.25) is 5.78 Å². The van der Waals surface area contributed by atoms with E-state index in [-0.39, 0.29) is 39.6 Å². The van der Waals surface area contributed by atoms with E-state index >= 15 is 0 Å². The molecular formula is C25H31NO7S2. The Hall–Kier alpha value is -2.85. The molecule has 0 fully saturated rings. The molecule has 0 saturated heterocycles. The Bertz CT molecular complexity index is 1470. The first kappa shape index (κ1) is 26.7. The van der Waals surface area contributed by atoms with Gasteiger partial charge in [0.15, 0.2) is 31.2 Å². The summed E-state index contributed by atoms with van der Waals surface area (Å²) in [5.74, 6) is -0.448. The Morgan fingerprint density at radius 2 is 1.43 bits per heavy atom. The van der Waals surface area contributed by atoms with Crippen LogP contribution in [-0.4, -0.2) is 52.7 Å². The summed E-state index contributed by atoms with van der Waals surface area (Å²) < 4.78 is 65.9. The van der Waals surface area contributed by atoms with Crippen LogP contribution in [0.3, 0.4) is 0 Å². The van der Waals surface area contributed by atoms with Crippen LogP contribution in [0.1, 0.15) is 55.2 Å². The van der Waals surface area contributed by atoms with E-state index in [1.165, 1.54) is 30.8 Å². The molecule has 0 N–H and O–H groups in total. The standard InChI is InChI=1S/C25H31NO7S2/c1-6-13-34(28,29)24-19-15-17(8-3)11-12-26(19)22(25(24)35(30,31)14-7-2)23(27)18-9-10-20(32-4)21(16-18)33-5/h9-12,15-16H,6-8,13-14H2,1-5H3. The minimum absolute atomic E-state index is 0.147. The molecule has 0 amide bonds. The lowest BCUT2D eigenvalue weighted by Crippen LogP contribution is -2.17. The van der Waals surface area contributed by atoms with E-state index in [1.807, 2.05) is 6.92 Å². The van der Waals surface area contributed by atoms with Crippen LogP contribution in [0.25, 0.3) is 5.52 Å². The second-order valence-corrected chi connectivity index (χ2v) is 12.3. The SMILES string of the molecule is CCCS(=O)(=O)c1c(S(=O)(=O)CCC)c2cc(CC)ccn2c1C(=O)c1ccc(OC)c(OC)c1. The molecule has 2 heterocycles. The van der Waals surface area contributed by atoms with Crippen molar-refractivity contribution in [1.82, 2.24) is 4.40 Å². The molecule has 10 heteroatoms. The number of carbonyl (C=O) groups is 1. The molecule has 3 rings (SSSR count). The van der Waals surface area contributed by atoms with E-state index in [0.717, 1.165) is 5.56 Å². The number of nitrogens with zero attached hydrogens (tertiary/aromatic N) is 1. The first-order chi connectivity index (χ1) is 16.6. The number of carbonyl (C=O) groups excluding carboxylic acids is 1. The number of hydrogen-bond donors (Lipinski definition) is 0. The van der Waals surface area contributed by atoms with Crippen molar-refractivity contribution in [2.45, 2.75) is 49.8 Å².